The first-order chi connectivity index (χ1) is 34.7. The van der Waals surface area contributed by atoms with Crippen molar-refractivity contribution in [3.05, 3.63) is 267 Å². The average Bonchev–Trinajstić information content (AvgIpc) is 3.44. The summed E-state index contributed by atoms with van der Waals surface area (Å²) < 4.78 is 0. The molecule has 0 saturated heterocycles. The zero-order valence-corrected chi connectivity index (χ0v) is 38.1. The highest BCUT2D eigenvalue weighted by Crippen LogP contribution is 2.40. The minimum absolute atomic E-state index is 0.809. The highest BCUT2D eigenvalue weighted by molar-refractivity contribution is 5.93. The fraction of sp³-hybridized carbons (Fsp3) is 0. The van der Waals surface area contributed by atoms with Crippen LogP contribution in [0.4, 0.5) is 34.1 Å². The normalized spacial score (nSPS) is 11.1. The Hall–Kier alpha value is -9.52. The van der Waals surface area contributed by atoms with Gasteiger partial charge in [-0.05, 0) is 108 Å². The van der Waals surface area contributed by atoms with Gasteiger partial charge >= 0.3 is 0 Å². The van der Waals surface area contributed by atoms with Gasteiger partial charge in [-0.25, -0.2) is 19.9 Å². The molecule has 0 N–H and O–H groups in total. The smallest absolute Gasteiger partial charge is 0.0973 e. The van der Waals surface area contributed by atoms with Gasteiger partial charge in [0.15, 0.2) is 0 Å². The van der Waals surface area contributed by atoms with E-state index in [1.165, 1.54) is 0 Å². The number of rotatable bonds is 11. The van der Waals surface area contributed by atoms with Crippen LogP contribution in [-0.4, -0.2) is 19.9 Å². The van der Waals surface area contributed by atoms with E-state index >= 15 is 0 Å². The van der Waals surface area contributed by atoms with Crippen LogP contribution < -0.4 is 9.80 Å². The molecule has 0 bridgehead atoms. The first kappa shape index (κ1) is 41.9. The van der Waals surface area contributed by atoms with Crippen molar-refractivity contribution in [2.24, 2.45) is 0 Å². The predicted octanol–water partition coefficient (Wildman–Crippen LogP) is 16.8. The van der Waals surface area contributed by atoms with Crippen LogP contribution in [0.3, 0.4) is 0 Å². The summed E-state index contributed by atoms with van der Waals surface area (Å²) in [5, 5.41) is 0. The summed E-state index contributed by atoms with van der Waals surface area (Å²) in [6.45, 7) is 0. The number of para-hydroxylation sites is 4. The van der Waals surface area contributed by atoms with E-state index in [0.717, 1.165) is 112 Å². The quantitative estimate of drug-likeness (QED) is 0.129. The molecule has 2 heterocycles. The maximum absolute atomic E-state index is 5.37. The minimum Gasteiger partial charge on any atom is -0.311 e. The largest absolute Gasteiger partial charge is 0.311 e. The van der Waals surface area contributed by atoms with Crippen LogP contribution in [0.1, 0.15) is 0 Å². The molecule has 70 heavy (non-hydrogen) atoms. The Labute approximate surface area is 407 Å². The second kappa shape index (κ2) is 18.6. The van der Waals surface area contributed by atoms with E-state index in [9.17, 15) is 0 Å². The molecular formula is C64H44N6. The Bertz CT molecular complexity index is 3390. The molecule has 0 amide bonds. The zero-order chi connectivity index (χ0) is 46.6. The van der Waals surface area contributed by atoms with E-state index in [1.54, 1.807) is 0 Å². The highest BCUT2D eigenvalue weighted by Gasteiger charge is 2.19. The minimum atomic E-state index is 0.809. The van der Waals surface area contributed by atoms with E-state index < -0.39 is 0 Å². The highest BCUT2D eigenvalue weighted by atomic mass is 15.1. The van der Waals surface area contributed by atoms with Crippen molar-refractivity contribution in [1.82, 2.24) is 19.9 Å². The third-order valence-corrected chi connectivity index (χ3v) is 12.6. The van der Waals surface area contributed by atoms with Gasteiger partial charge in [0.05, 0.1) is 44.8 Å². The van der Waals surface area contributed by atoms with Crippen LogP contribution in [0, 0.1) is 0 Å². The van der Waals surface area contributed by atoms with E-state index in [0.29, 0.717) is 0 Å². The summed E-state index contributed by atoms with van der Waals surface area (Å²) in [6, 6.07) is 92.4. The van der Waals surface area contributed by atoms with Crippen molar-refractivity contribution in [3.63, 3.8) is 0 Å². The standard InChI is InChI=1S/C64H44N6/c1-7-19-45(20-8-1)61-63(47-31-37-55(38-32-47)69(51-23-11-3-12-24-51)52-25-13-4-14-26-52)65-57-41-35-49(43-59(57)67-61)50-36-42-58-60(44-50)68-62(46-21-9-2-10-22-46)64(66-58)48-33-39-56(40-34-48)70(53-27-15-5-16-28-53)54-29-17-6-18-30-54/h1-44H. The molecule has 0 radical (unpaired) electrons. The monoisotopic (exact) mass is 896 g/mol. The van der Waals surface area contributed by atoms with Crippen molar-refractivity contribution in [3.8, 4) is 56.2 Å². The summed E-state index contributed by atoms with van der Waals surface area (Å²) in [6.07, 6.45) is 0. The second-order valence-corrected chi connectivity index (χ2v) is 17.1. The van der Waals surface area contributed by atoms with Crippen LogP contribution in [0.5, 0.6) is 0 Å². The van der Waals surface area contributed by atoms with E-state index in [2.05, 4.69) is 216 Å². The summed E-state index contributed by atoms with van der Waals surface area (Å²) in [4.78, 5) is 25.9. The Kier molecular flexibility index (Phi) is 11.1. The van der Waals surface area contributed by atoms with E-state index in [4.69, 9.17) is 19.9 Å². The molecule has 0 atom stereocenters. The maximum atomic E-state index is 5.37. The van der Waals surface area contributed by atoms with Gasteiger partial charge in [-0.2, -0.15) is 0 Å². The summed E-state index contributed by atoms with van der Waals surface area (Å²) >= 11 is 0. The van der Waals surface area contributed by atoms with Crippen LogP contribution in [0.25, 0.3) is 78.2 Å². The number of hydrogen-bond acceptors (Lipinski definition) is 6. The topological polar surface area (TPSA) is 58.0 Å². The molecule has 0 fully saturated rings. The predicted molar refractivity (Wildman–Crippen MR) is 289 cm³/mol. The number of anilines is 6. The number of fused-ring (bicyclic) bond motifs is 2. The van der Waals surface area contributed by atoms with Gasteiger partial charge in [-0.1, -0.05) is 170 Å². The Morgan fingerprint density at radius 1 is 0.186 bits per heavy atom. The molecule has 6 nitrogen and oxygen atoms in total. The average molecular weight is 897 g/mol. The van der Waals surface area contributed by atoms with Crippen LogP contribution in [0.15, 0.2) is 267 Å². The van der Waals surface area contributed by atoms with Crippen LogP contribution in [-0.2, 0) is 0 Å². The molecule has 12 rings (SSSR count). The first-order valence-corrected chi connectivity index (χ1v) is 23.5. The molecule has 0 aliphatic carbocycles. The van der Waals surface area contributed by atoms with Gasteiger partial charge in [-0.15, -0.1) is 0 Å². The molecule has 0 spiro atoms. The lowest BCUT2D eigenvalue weighted by atomic mass is 10.0. The first-order valence-electron chi connectivity index (χ1n) is 23.5. The number of aromatic nitrogens is 4. The van der Waals surface area contributed by atoms with Crippen LogP contribution in [0.2, 0.25) is 0 Å². The molecule has 0 aliphatic rings. The molecule has 6 heteroatoms. The summed E-state index contributed by atoms with van der Waals surface area (Å²) in [5.74, 6) is 0. The molecule has 12 aromatic rings. The SMILES string of the molecule is c1ccc(-c2nc3cc(-c4ccc5nc(-c6ccc(N(c7ccccc7)c7ccccc7)cc6)c(-c6ccccc6)nc5c4)ccc3nc2-c2ccc(N(c3ccccc3)c3ccccc3)cc2)cc1. The Balaban J connectivity index is 0.905. The molecule has 10 aromatic carbocycles. The van der Waals surface area contributed by atoms with Gasteiger partial charge in [0.1, 0.15) is 0 Å². The van der Waals surface area contributed by atoms with Crippen molar-refractivity contribution in [2.75, 3.05) is 9.80 Å². The lowest BCUT2D eigenvalue weighted by Gasteiger charge is -2.25. The van der Waals surface area contributed by atoms with Crippen molar-refractivity contribution < 1.29 is 0 Å². The van der Waals surface area contributed by atoms with Gasteiger partial charge in [0.25, 0.3) is 0 Å². The maximum Gasteiger partial charge on any atom is 0.0973 e. The number of nitrogens with zero attached hydrogens (tertiary/aromatic N) is 6. The van der Waals surface area contributed by atoms with Crippen molar-refractivity contribution in [1.29, 1.82) is 0 Å². The third-order valence-electron chi connectivity index (χ3n) is 12.6. The molecule has 0 aliphatic heterocycles. The van der Waals surface area contributed by atoms with Crippen molar-refractivity contribution in [2.45, 2.75) is 0 Å². The van der Waals surface area contributed by atoms with E-state index in [1.807, 2.05) is 60.7 Å². The second-order valence-electron chi connectivity index (χ2n) is 17.1. The molecule has 2 aromatic heterocycles. The molecule has 330 valence electrons. The molecule has 0 unspecified atom stereocenters. The number of benzene rings is 10. The summed E-state index contributed by atoms with van der Waals surface area (Å²) in [5.41, 5.74) is 19.0. The Morgan fingerprint density at radius 3 is 0.714 bits per heavy atom. The van der Waals surface area contributed by atoms with E-state index in [-0.39, 0.29) is 0 Å². The van der Waals surface area contributed by atoms with Gasteiger partial charge in [0, 0.05) is 56.4 Å². The van der Waals surface area contributed by atoms with Crippen molar-refractivity contribution >= 4 is 56.2 Å². The lowest BCUT2D eigenvalue weighted by Crippen LogP contribution is -2.09. The molecular weight excluding hydrogens is 853 g/mol. The van der Waals surface area contributed by atoms with Gasteiger partial charge in [-0.3, -0.25) is 0 Å². The Morgan fingerprint density at radius 2 is 0.414 bits per heavy atom. The van der Waals surface area contributed by atoms with Gasteiger partial charge < -0.3 is 9.80 Å². The molecule has 0 saturated carbocycles. The zero-order valence-electron chi connectivity index (χ0n) is 38.1. The van der Waals surface area contributed by atoms with Crippen LogP contribution >= 0.6 is 0 Å². The summed E-state index contributed by atoms with van der Waals surface area (Å²) in [7, 11) is 0. The third kappa shape index (κ3) is 8.31. The fourth-order valence-electron chi connectivity index (χ4n) is 9.20. The van der Waals surface area contributed by atoms with Gasteiger partial charge in [0.2, 0.25) is 0 Å². The number of hydrogen-bond donors (Lipinski definition) is 0. The lowest BCUT2D eigenvalue weighted by molar-refractivity contribution is 1.27. The fourth-order valence-corrected chi connectivity index (χ4v) is 9.20.